The molecule has 1 N–H and O–H groups in total. The van der Waals surface area contributed by atoms with Crippen LogP contribution in [0, 0.1) is 6.92 Å². The highest BCUT2D eigenvalue weighted by molar-refractivity contribution is 7.89. The molecule has 0 aliphatic carbocycles. The zero-order valence-electron chi connectivity index (χ0n) is 17.2. The Hall–Kier alpha value is -2.84. The van der Waals surface area contributed by atoms with E-state index >= 15 is 0 Å². The summed E-state index contributed by atoms with van der Waals surface area (Å²) in [5.41, 5.74) is 1.77. The molecule has 0 aromatic heterocycles. The van der Waals surface area contributed by atoms with Gasteiger partial charge in [-0.15, -0.1) is 0 Å². The van der Waals surface area contributed by atoms with E-state index in [-0.39, 0.29) is 10.8 Å². The van der Waals surface area contributed by atoms with E-state index in [9.17, 15) is 13.2 Å². The fourth-order valence-corrected chi connectivity index (χ4v) is 3.72. The van der Waals surface area contributed by atoms with Crippen molar-refractivity contribution in [2.45, 2.75) is 18.7 Å². The number of anilines is 1. The number of aryl methyl sites for hydroxylation is 1. The molecule has 29 heavy (non-hydrogen) atoms. The van der Waals surface area contributed by atoms with Crippen molar-refractivity contribution in [1.82, 2.24) is 4.31 Å². The molecular weight excluding hydrogens is 392 g/mol. The Balaban J connectivity index is 2.17. The smallest absolute Gasteiger partial charge is 0.248 e. The molecule has 8 heteroatoms. The number of sulfonamides is 1. The van der Waals surface area contributed by atoms with E-state index < -0.39 is 10.0 Å². The van der Waals surface area contributed by atoms with Gasteiger partial charge in [-0.05, 0) is 55.3 Å². The zero-order valence-corrected chi connectivity index (χ0v) is 18.0. The average Bonchev–Trinajstić information content (AvgIpc) is 2.68. The molecule has 7 nitrogen and oxygen atoms in total. The van der Waals surface area contributed by atoms with Gasteiger partial charge in [0.25, 0.3) is 0 Å². The number of rotatable bonds is 8. The van der Waals surface area contributed by atoms with Crippen LogP contribution in [0.25, 0.3) is 6.08 Å². The van der Waals surface area contributed by atoms with E-state index in [1.165, 1.54) is 26.2 Å². The molecule has 0 aliphatic heterocycles. The second-order valence-electron chi connectivity index (χ2n) is 6.43. The lowest BCUT2D eigenvalue weighted by Crippen LogP contribution is -2.23. The monoisotopic (exact) mass is 418 g/mol. The van der Waals surface area contributed by atoms with Crippen LogP contribution in [0.4, 0.5) is 5.69 Å². The van der Waals surface area contributed by atoms with Gasteiger partial charge in [0.2, 0.25) is 15.9 Å². The van der Waals surface area contributed by atoms with Gasteiger partial charge in [0.15, 0.2) is 11.5 Å². The second kappa shape index (κ2) is 9.58. The quantitative estimate of drug-likeness (QED) is 0.665. The number of methoxy groups -OCH3 is 1. The summed E-state index contributed by atoms with van der Waals surface area (Å²) in [5.74, 6) is 0.826. The molecule has 0 heterocycles. The Bertz CT molecular complexity index is 1010. The van der Waals surface area contributed by atoms with Gasteiger partial charge in [0.1, 0.15) is 0 Å². The van der Waals surface area contributed by atoms with Gasteiger partial charge < -0.3 is 14.8 Å². The molecule has 2 rings (SSSR count). The van der Waals surface area contributed by atoms with Crippen molar-refractivity contribution in [3.8, 4) is 11.5 Å². The molecule has 0 radical (unpaired) electrons. The maximum Gasteiger partial charge on any atom is 0.248 e. The van der Waals surface area contributed by atoms with Crippen LogP contribution in [-0.2, 0) is 14.8 Å². The highest BCUT2D eigenvalue weighted by Crippen LogP contribution is 2.28. The number of nitrogens with zero attached hydrogens (tertiary/aromatic N) is 1. The van der Waals surface area contributed by atoms with E-state index in [2.05, 4.69) is 5.32 Å². The third-order valence-corrected chi connectivity index (χ3v) is 6.09. The molecule has 156 valence electrons. The van der Waals surface area contributed by atoms with E-state index in [1.54, 1.807) is 44.4 Å². The lowest BCUT2D eigenvalue weighted by molar-refractivity contribution is -0.111. The predicted molar refractivity (Wildman–Crippen MR) is 114 cm³/mol. The number of hydrogen-bond donors (Lipinski definition) is 1. The number of carbonyl (C=O) groups excluding carboxylic acids is 1. The van der Waals surface area contributed by atoms with Crippen LogP contribution in [0.15, 0.2) is 47.4 Å². The van der Waals surface area contributed by atoms with Crippen molar-refractivity contribution < 1.29 is 22.7 Å². The molecule has 0 saturated carbocycles. The van der Waals surface area contributed by atoms with Crippen LogP contribution in [0.3, 0.4) is 0 Å². The van der Waals surface area contributed by atoms with E-state index in [1.807, 2.05) is 13.0 Å². The second-order valence-corrected chi connectivity index (χ2v) is 8.55. The summed E-state index contributed by atoms with van der Waals surface area (Å²) in [6.45, 7) is 4.12. The Kier molecular flexibility index (Phi) is 7.41. The fourth-order valence-electron chi connectivity index (χ4n) is 2.57. The Labute approximate surface area is 172 Å². The first-order chi connectivity index (χ1) is 13.7. The summed E-state index contributed by atoms with van der Waals surface area (Å²) in [7, 11) is 0.883. The highest BCUT2D eigenvalue weighted by Gasteiger charge is 2.20. The van der Waals surface area contributed by atoms with Crippen LogP contribution >= 0.6 is 0 Å². The Morgan fingerprint density at radius 3 is 2.48 bits per heavy atom. The van der Waals surface area contributed by atoms with E-state index in [4.69, 9.17) is 9.47 Å². The first-order valence-corrected chi connectivity index (χ1v) is 10.5. The van der Waals surface area contributed by atoms with Crippen LogP contribution in [0.5, 0.6) is 11.5 Å². The van der Waals surface area contributed by atoms with Crippen molar-refractivity contribution in [3.05, 3.63) is 53.6 Å². The van der Waals surface area contributed by atoms with Gasteiger partial charge in [0.05, 0.1) is 18.6 Å². The topological polar surface area (TPSA) is 84.9 Å². The van der Waals surface area contributed by atoms with Gasteiger partial charge in [-0.1, -0.05) is 12.1 Å². The molecule has 0 atom stereocenters. The molecule has 0 aliphatic rings. The zero-order chi connectivity index (χ0) is 21.6. The van der Waals surface area contributed by atoms with E-state index in [0.29, 0.717) is 29.4 Å². The Morgan fingerprint density at radius 2 is 1.86 bits per heavy atom. The molecule has 0 bridgehead atoms. The van der Waals surface area contributed by atoms with Gasteiger partial charge in [-0.3, -0.25) is 4.79 Å². The molecule has 0 fully saturated rings. The van der Waals surface area contributed by atoms with Crippen molar-refractivity contribution in [3.63, 3.8) is 0 Å². The van der Waals surface area contributed by atoms with Gasteiger partial charge >= 0.3 is 0 Å². The summed E-state index contributed by atoms with van der Waals surface area (Å²) < 4.78 is 36.7. The molecular formula is C21H26N2O5S. The minimum absolute atomic E-state index is 0.153. The van der Waals surface area contributed by atoms with Crippen molar-refractivity contribution in [2.75, 3.05) is 33.1 Å². The normalized spacial score (nSPS) is 11.7. The molecule has 0 spiro atoms. The lowest BCUT2D eigenvalue weighted by atomic mass is 10.2. The average molecular weight is 419 g/mol. The minimum Gasteiger partial charge on any atom is -0.493 e. The van der Waals surface area contributed by atoms with Gasteiger partial charge in [0, 0.05) is 25.9 Å². The first kappa shape index (κ1) is 22.4. The molecule has 1 amide bonds. The summed E-state index contributed by atoms with van der Waals surface area (Å²) in [6.07, 6.45) is 3.01. The number of carbonyl (C=O) groups is 1. The van der Waals surface area contributed by atoms with Crippen molar-refractivity contribution in [1.29, 1.82) is 0 Å². The molecule has 0 saturated heterocycles. The largest absolute Gasteiger partial charge is 0.493 e. The Morgan fingerprint density at radius 1 is 1.14 bits per heavy atom. The maximum atomic E-state index is 12.4. The number of benzene rings is 2. The SMILES string of the molecule is CCOc1ccc(/C=C/C(=O)Nc2ccc(C)c(S(=O)(=O)N(C)C)c2)cc1OC. The van der Waals surface area contributed by atoms with Crippen LogP contribution in [0.1, 0.15) is 18.1 Å². The third-order valence-electron chi connectivity index (χ3n) is 4.13. The highest BCUT2D eigenvalue weighted by atomic mass is 32.2. The van der Waals surface area contributed by atoms with Crippen LogP contribution in [-0.4, -0.2) is 46.4 Å². The number of ether oxygens (including phenoxy) is 2. The predicted octanol–water partition coefficient (Wildman–Crippen LogP) is 3.30. The summed E-state index contributed by atoms with van der Waals surface area (Å²) in [5, 5.41) is 2.69. The molecule has 2 aromatic rings. The van der Waals surface area contributed by atoms with Gasteiger partial charge in [-0.2, -0.15) is 0 Å². The molecule has 0 unspecified atom stereocenters. The third kappa shape index (κ3) is 5.58. The molecule has 2 aromatic carbocycles. The van der Waals surface area contributed by atoms with Gasteiger partial charge in [-0.25, -0.2) is 12.7 Å². The summed E-state index contributed by atoms with van der Waals surface area (Å²) in [6, 6.07) is 10.1. The number of nitrogens with one attached hydrogen (secondary N) is 1. The first-order valence-electron chi connectivity index (χ1n) is 9.02. The van der Waals surface area contributed by atoms with E-state index in [0.717, 1.165) is 9.87 Å². The minimum atomic E-state index is -3.60. The van der Waals surface area contributed by atoms with Crippen molar-refractivity contribution in [2.24, 2.45) is 0 Å². The van der Waals surface area contributed by atoms with Crippen LogP contribution in [0.2, 0.25) is 0 Å². The standard InChI is InChI=1S/C21H26N2O5S/c1-6-28-18-11-8-16(13-19(18)27-5)9-12-21(24)22-17-10-7-15(2)20(14-17)29(25,26)23(3)4/h7-14H,6H2,1-5H3,(H,22,24)/b12-9+. The lowest BCUT2D eigenvalue weighted by Gasteiger charge is -2.14. The maximum absolute atomic E-state index is 12.4. The van der Waals surface area contributed by atoms with Crippen molar-refractivity contribution >= 4 is 27.7 Å². The summed E-state index contributed by atoms with van der Waals surface area (Å²) >= 11 is 0. The van der Waals surface area contributed by atoms with Crippen LogP contribution < -0.4 is 14.8 Å². The number of hydrogen-bond acceptors (Lipinski definition) is 5. The summed E-state index contributed by atoms with van der Waals surface area (Å²) in [4.78, 5) is 12.4. The number of amides is 1. The fraction of sp³-hybridized carbons (Fsp3) is 0.286.